The lowest BCUT2D eigenvalue weighted by atomic mass is 9.99. The Morgan fingerprint density at radius 3 is 2.91 bits per heavy atom. The van der Waals surface area contributed by atoms with Crippen molar-refractivity contribution in [1.29, 1.82) is 0 Å². The second kappa shape index (κ2) is 6.15. The molecule has 1 unspecified atom stereocenters. The number of hydrogen-bond acceptors (Lipinski definition) is 4. The van der Waals surface area contributed by atoms with Gasteiger partial charge in [0.15, 0.2) is 0 Å². The first-order valence-corrected chi connectivity index (χ1v) is 7.37. The van der Waals surface area contributed by atoms with Crippen LogP contribution in [0.1, 0.15) is 32.3 Å². The summed E-state index contributed by atoms with van der Waals surface area (Å²) < 4.78 is 0.730. The van der Waals surface area contributed by atoms with Gasteiger partial charge in [0.05, 0.1) is 5.56 Å². The Morgan fingerprint density at radius 2 is 2.09 bits per heavy atom. The summed E-state index contributed by atoms with van der Waals surface area (Å²) >= 11 is 3.27. The molecule has 1 aliphatic rings. The number of fused-ring (bicyclic) bond motifs is 1. The highest BCUT2D eigenvalue weighted by molar-refractivity contribution is 9.10. The Bertz CT molecular complexity index is 776. The molecule has 2 amide bonds. The van der Waals surface area contributed by atoms with Crippen LogP contribution in [-0.2, 0) is 0 Å². The lowest BCUT2D eigenvalue weighted by Crippen LogP contribution is -2.29. The van der Waals surface area contributed by atoms with Gasteiger partial charge < -0.3 is 5.32 Å². The topological polar surface area (TPSA) is 83.8 Å². The van der Waals surface area contributed by atoms with Gasteiger partial charge >= 0.3 is 0 Å². The molecule has 2 heterocycles. The number of rotatable bonds is 3. The standard InChI is InChI=1S/C15H11BrN4O2/c16-10-5-9(6-17-7-10)14(21)18-8-13-11-3-1-2-4-12(11)15(22)20-19-13/h1-7,13H,8H2,(H,18,21). The van der Waals surface area contributed by atoms with E-state index in [1.165, 1.54) is 6.20 Å². The summed E-state index contributed by atoms with van der Waals surface area (Å²) in [5.41, 5.74) is 1.75. The average Bonchev–Trinajstić information content (AvgIpc) is 2.54. The van der Waals surface area contributed by atoms with Crippen molar-refractivity contribution in [3.63, 3.8) is 0 Å². The molecule has 1 aromatic carbocycles. The molecule has 0 radical (unpaired) electrons. The number of azo groups is 1. The van der Waals surface area contributed by atoms with Gasteiger partial charge in [0.2, 0.25) is 0 Å². The molecule has 2 aromatic rings. The van der Waals surface area contributed by atoms with E-state index in [0.717, 1.165) is 10.0 Å². The number of carbonyl (C=O) groups is 2. The first kappa shape index (κ1) is 14.5. The van der Waals surface area contributed by atoms with E-state index in [9.17, 15) is 9.59 Å². The fourth-order valence-corrected chi connectivity index (χ4v) is 2.56. The summed E-state index contributed by atoms with van der Waals surface area (Å²) in [6, 6.07) is 8.46. The monoisotopic (exact) mass is 358 g/mol. The summed E-state index contributed by atoms with van der Waals surface area (Å²) in [6.07, 6.45) is 3.09. The van der Waals surface area contributed by atoms with Crippen molar-refractivity contribution in [2.45, 2.75) is 6.04 Å². The molecule has 3 rings (SSSR count). The quantitative estimate of drug-likeness (QED) is 0.915. The zero-order valence-electron chi connectivity index (χ0n) is 11.4. The predicted octanol–water partition coefficient (Wildman–Crippen LogP) is 2.92. The maximum absolute atomic E-state index is 12.1. The van der Waals surface area contributed by atoms with Gasteiger partial charge in [0, 0.05) is 29.0 Å². The first-order valence-electron chi connectivity index (χ1n) is 6.58. The summed E-state index contributed by atoms with van der Waals surface area (Å²) in [5.74, 6) is -0.604. The summed E-state index contributed by atoms with van der Waals surface area (Å²) in [6.45, 7) is 0.263. The zero-order chi connectivity index (χ0) is 15.5. The second-order valence-electron chi connectivity index (χ2n) is 4.73. The Hall–Kier alpha value is -2.41. The van der Waals surface area contributed by atoms with Crippen molar-refractivity contribution < 1.29 is 9.59 Å². The Kier molecular flexibility index (Phi) is 4.06. The number of aromatic nitrogens is 1. The van der Waals surface area contributed by atoms with Gasteiger partial charge in [-0.05, 0) is 33.6 Å². The lowest BCUT2D eigenvalue weighted by molar-refractivity contribution is 0.0950. The van der Waals surface area contributed by atoms with Gasteiger partial charge in [0.1, 0.15) is 6.04 Å². The molecule has 1 N–H and O–H groups in total. The van der Waals surface area contributed by atoms with Crippen LogP contribution in [0.5, 0.6) is 0 Å². The normalized spacial score (nSPS) is 16.2. The minimum Gasteiger partial charge on any atom is -0.349 e. The minimum atomic E-state index is -0.363. The lowest BCUT2D eigenvalue weighted by Gasteiger charge is -2.18. The third-order valence-corrected chi connectivity index (χ3v) is 3.69. The van der Waals surface area contributed by atoms with E-state index in [1.54, 1.807) is 24.4 Å². The van der Waals surface area contributed by atoms with E-state index >= 15 is 0 Å². The third-order valence-electron chi connectivity index (χ3n) is 3.26. The maximum Gasteiger partial charge on any atom is 0.295 e. The largest absolute Gasteiger partial charge is 0.349 e. The van der Waals surface area contributed by atoms with Crippen molar-refractivity contribution in [2.75, 3.05) is 6.54 Å². The number of benzene rings is 1. The van der Waals surface area contributed by atoms with E-state index < -0.39 is 0 Å². The minimum absolute atomic E-state index is 0.251. The Labute approximate surface area is 134 Å². The smallest absolute Gasteiger partial charge is 0.295 e. The molecule has 1 atom stereocenters. The Balaban J connectivity index is 1.73. The van der Waals surface area contributed by atoms with Crippen molar-refractivity contribution in [3.05, 3.63) is 63.9 Å². The molecule has 0 aliphatic carbocycles. The molecule has 0 fully saturated rings. The van der Waals surface area contributed by atoms with E-state index in [0.29, 0.717) is 11.1 Å². The molecule has 110 valence electrons. The molecule has 0 spiro atoms. The van der Waals surface area contributed by atoms with E-state index in [1.807, 2.05) is 12.1 Å². The number of carbonyl (C=O) groups excluding carboxylic acids is 2. The third kappa shape index (κ3) is 2.94. The predicted molar refractivity (Wildman–Crippen MR) is 82.6 cm³/mol. The average molecular weight is 359 g/mol. The second-order valence-corrected chi connectivity index (χ2v) is 5.64. The number of pyridine rings is 1. The fourth-order valence-electron chi connectivity index (χ4n) is 2.20. The first-order chi connectivity index (χ1) is 10.6. The highest BCUT2D eigenvalue weighted by Gasteiger charge is 2.23. The number of amides is 2. The summed E-state index contributed by atoms with van der Waals surface area (Å²) in [5, 5.41) is 10.4. The van der Waals surface area contributed by atoms with Gasteiger partial charge in [-0.1, -0.05) is 18.2 Å². The number of nitrogens with one attached hydrogen (secondary N) is 1. The van der Waals surface area contributed by atoms with Gasteiger partial charge in [-0.3, -0.25) is 14.6 Å². The molecule has 22 heavy (non-hydrogen) atoms. The van der Waals surface area contributed by atoms with Crippen LogP contribution in [0.4, 0.5) is 0 Å². The van der Waals surface area contributed by atoms with Crippen LogP contribution in [0.25, 0.3) is 0 Å². The zero-order valence-corrected chi connectivity index (χ0v) is 12.9. The van der Waals surface area contributed by atoms with Gasteiger partial charge in [-0.15, -0.1) is 5.11 Å². The molecule has 7 heteroatoms. The Morgan fingerprint density at radius 1 is 1.27 bits per heavy atom. The van der Waals surface area contributed by atoms with E-state index in [-0.39, 0.29) is 24.4 Å². The van der Waals surface area contributed by atoms with Crippen molar-refractivity contribution in [2.24, 2.45) is 10.2 Å². The van der Waals surface area contributed by atoms with Crippen LogP contribution < -0.4 is 5.32 Å². The fraction of sp³-hybridized carbons (Fsp3) is 0.133. The number of hydrogen-bond donors (Lipinski definition) is 1. The van der Waals surface area contributed by atoms with Crippen LogP contribution >= 0.6 is 15.9 Å². The van der Waals surface area contributed by atoms with Crippen LogP contribution in [0.3, 0.4) is 0 Å². The molecule has 1 aromatic heterocycles. The molecule has 0 saturated heterocycles. The van der Waals surface area contributed by atoms with Crippen molar-refractivity contribution >= 4 is 27.7 Å². The summed E-state index contributed by atoms with van der Waals surface area (Å²) in [4.78, 5) is 27.7. The number of nitrogens with zero attached hydrogens (tertiary/aromatic N) is 3. The van der Waals surface area contributed by atoms with Gasteiger partial charge in [0.25, 0.3) is 11.8 Å². The maximum atomic E-state index is 12.1. The van der Waals surface area contributed by atoms with Gasteiger partial charge in [-0.25, -0.2) is 0 Å². The van der Waals surface area contributed by atoms with E-state index in [2.05, 4.69) is 36.5 Å². The van der Waals surface area contributed by atoms with Crippen molar-refractivity contribution in [1.82, 2.24) is 10.3 Å². The molecule has 0 bridgehead atoms. The summed E-state index contributed by atoms with van der Waals surface area (Å²) in [7, 11) is 0. The van der Waals surface area contributed by atoms with Crippen LogP contribution in [-0.4, -0.2) is 23.3 Å². The van der Waals surface area contributed by atoms with Gasteiger partial charge in [-0.2, -0.15) is 5.11 Å². The van der Waals surface area contributed by atoms with Crippen LogP contribution in [0.2, 0.25) is 0 Å². The SMILES string of the molecule is O=C(NCC1N=NC(=O)c2ccccc21)c1cncc(Br)c1. The molecule has 0 saturated carbocycles. The van der Waals surface area contributed by atoms with Crippen molar-refractivity contribution in [3.8, 4) is 0 Å². The van der Waals surface area contributed by atoms with Crippen LogP contribution in [0.15, 0.2) is 57.4 Å². The number of halogens is 1. The molecule has 1 aliphatic heterocycles. The van der Waals surface area contributed by atoms with Crippen LogP contribution in [0, 0.1) is 0 Å². The molecule has 6 nitrogen and oxygen atoms in total. The highest BCUT2D eigenvalue weighted by atomic mass is 79.9. The molecular weight excluding hydrogens is 348 g/mol. The van der Waals surface area contributed by atoms with E-state index in [4.69, 9.17) is 0 Å². The highest BCUT2D eigenvalue weighted by Crippen LogP contribution is 2.26. The molecular formula is C15H11BrN4O2.